The molecule has 0 radical (unpaired) electrons. The Morgan fingerprint density at radius 3 is 2.63 bits per heavy atom. The van der Waals surface area contributed by atoms with Crippen molar-refractivity contribution in [2.45, 2.75) is 26.1 Å². The lowest BCUT2D eigenvalue weighted by Crippen LogP contribution is -2.38. The van der Waals surface area contributed by atoms with E-state index < -0.39 is 12.7 Å². The molecule has 0 saturated carbocycles. The van der Waals surface area contributed by atoms with E-state index in [2.05, 4.69) is 31.4 Å². The van der Waals surface area contributed by atoms with E-state index in [1.54, 1.807) is 12.1 Å². The van der Waals surface area contributed by atoms with Crippen molar-refractivity contribution in [3.63, 3.8) is 0 Å². The zero-order valence-corrected chi connectivity index (χ0v) is 16.7. The SMILES string of the molecule is CCNC(=NCC(O)c1ccc(OC(F)F)cc1)NCCc1c[nH]c2ccccc12. The van der Waals surface area contributed by atoms with E-state index in [1.165, 1.54) is 23.1 Å². The highest BCUT2D eigenvalue weighted by Crippen LogP contribution is 2.20. The minimum absolute atomic E-state index is 0.0525. The Balaban J connectivity index is 1.54. The van der Waals surface area contributed by atoms with Crippen LogP contribution in [0.2, 0.25) is 0 Å². The number of nitrogens with zero attached hydrogens (tertiary/aromatic N) is 1. The lowest BCUT2D eigenvalue weighted by molar-refractivity contribution is -0.0498. The Kier molecular flexibility index (Phi) is 7.62. The van der Waals surface area contributed by atoms with Crippen molar-refractivity contribution in [1.29, 1.82) is 0 Å². The van der Waals surface area contributed by atoms with Crippen LogP contribution in [0, 0.1) is 0 Å². The maximum absolute atomic E-state index is 12.2. The molecule has 1 unspecified atom stereocenters. The molecule has 6 nitrogen and oxygen atoms in total. The summed E-state index contributed by atoms with van der Waals surface area (Å²) in [5.41, 5.74) is 2.91. The number of aromatic amines is 1. The number of rotatable bonds is 9. The molecular weight excluding hydrogens is 390 g/mol. The van der Waals surface area contributed by atoms with Gasteiger partial charge in [-0.25, -0.2) is 0 Å². The van der Waals surface area contributed by atoms with Crippen molar-refractivity contribution < 1.29 is 18.6 Å². The number of H-pyrrole nitrogens is 1. The van der Waals surface area contributed by atoms with Crippen molar-refractivity contribution in [1.82, 2.24) is 15.6 Å². The van der Waals surface area contributed by atoms with Gasteiger partial charge in [0.1, 0.15) is 5.75 Å². The first-order chi connectivity index (χ1) is 14.6. The summed E-state index contributed by atoms with van der Waals surface area (Å²) in [7, 11) is 0. The van der Waals surface area contributed by atoms with E-state index >= 15 is 0 Å². The monoisotopic (exact) mass is 416 g/mol. The molecule has 0 aliphatic carbocycles. The number of benzene rings is 2. The molecule has 0 aliphatic rings. The molecule has 0 spiro atoms. The lowest BCUT2D eigenvalue weighted by atomic mass is 10.1. The number of halogens is 2. The molecule has 1 atom stereocenters. The number of ether oxygens (including phenoxy) is 1. The number of alkyl halides is 2. The number of nitrogens with one attached hydrogen (secondary N) is 3. The topological polar surface area (TPSA) is 81.7 Å². The maximum atomic E-state index is 12.2. The third-order valence-electron chi connectivity index (χ3n) is 4.62. The number of hydrogen-bond acceptors (Lipinski definition) is 3. The van der Waals surface area contributed by atoms with Crippen LogP contribution < -0.4 is 15.4 Å². The first-order valence-corrected chi connectivity index (χ1v) is 9.87. The fraction of sp³-hybridized carbons (Fsp3) is 0.318. The Morgan fingerprint density at radius 1 is 1.13 bits per heavy atom. The molecule has 0 fully saturated rings. The molecule has 0 aliphatic heterocycles. The second-order valence-corrected chi connectivity index (χ2v) is 6.72. The van der Waals surface area contributed by atoms with Gasteiger partial charge in [-0.15, -0.1) is 0 Å². The van der Waals surface area contributed by atoms with E-state index in [9.17, 15) is 13.9 Å². The van der Waals surface area contributed by atoms with Gasteiger partial charge < -0.3 is 25.5 Å². The number of hydrogen-bond donors (Lipinski definition) is 4. The predicted molar refractivity (Wildman–Crippen MR) is 114 cm³/mol. The van der Waals surface area contributed by atoms with Gasteiger partial charge in [0.25, 0.3) is 0 Å². The van der Waals surface area contributed by atoms with Crippen LogP contribution in [0.5, 0.6) is 5.75 Å². The summed E-state index contributed by atoms with van der Waals surface area (Å²) in [5.74, 6) is 0.658. The van der Waals surface area contributed by atoms with Crippen molar-refractivity contribution in [3.8, 4) is 5.75 Å². The zero-order valence-electron chi connectivity index (χ0n) is 16.7. The highest BCUT2D eigenvalue weighted by atomic mass is 19.3. The molecule has 1 heterocycles. The van der Waals surface area contributed by atoms with Gasteiger partial charge in [0.15, 0.2) is 5.96 Å². The quantitative estimate of drug-likeness (QED) is 0.317. The van der Waals surface area contributed by atoms with E-state index in [0.717, 1.165) is 11.9 Å². The van der Waals surface area contributed by atoms with Gasteiger partial charge in [0.2, 0.25) is 0 Å². The second kappa shape index (κ2) is 10.6. The summed E-state index contributed by atoms with van der Waals surface area (Å²) in [6.45, 7) is 0.605. The van der Waals surface area contributed by atoms with Crippen LogP contribution in [0.15, 0.2) is 59.7 Å². The Morgan fingerprint density at radius 2 is 1.90 bits per heavy atom. The summed E-state index contributed by atoms with van der Waals surface area (Å²) in [6.07, 6.45) is 1.99. The third kappa shape index (κ3) is 5.93. The molecule has 8 heteroatoms. The molecule has 160 valence electrons. The van der Waals surface area contributed by atoms with Crippen molar-refractivity contribution in [2.24, 2.45) is 4.99 Å². The average Bonchev–Trinajstić information content (AvgIpc) is 3.15. The molecule has 0 bridgehead atoms. The first kappa shape index (κ1) is 21.6. The van der Waals surface area contributed by atoms with E-state index in [4.69, 9.17) is 0 Å². The number of para-hydroxylation sites is 1. The van der Waals surface area contributed by atoms with Gasteiger partial charge in [-0.3, -0.25) is 4.99 Å². The summed E-state index contributed by atoms with van der Waals surface area (Å²) in [4.78, 5) is 7.69. The summed E-state index contributed by atoms with van der Waals surface area (Å²) in [5, 5.41) is 18.0. The predicted octanol–water partition coefficient (Wildman–Crippen LogP) is 3.60. The number of aliphatic hydroxyl groups excluding tert-OH is 1. The van der Waals surface area contributed by atoms with Crippen LogP contribution in [0.25, 0.3) is 10.9 Å². The normalized spacial score (nSPS) is 12.9. The van der Waals surface area contributed by atoms with Gasteiger partial charge in [-0.05, 0) is 42.7 Å². The van der Waals surface area contributed by atoms with Crippen LogP contribution in [-0.4, -0.2) is 42.3 Å². The minimum Gasteiger partial charge on any atom is -0.435 e. The molecule has 0 amide bonds. The molecule has 4 N–H and O–H groups in total. The van der Waals surface area contributed by atoms with E-state index in [0.29, 0.717) is 24.6 Å². The third-order valence-corrected chi connectivity index (χ3v) is 4.62. The van der Waals surface area contributed by atoms with Crippen LogP contribution in [0.3, 0.4) is 0 Å². The molecule has 3 aromatic rings. The largest absolute Gasteiger partial charge is 0.435 e. The van der Waals surface area contributed by atoms with Crippen LogP contribution in [0.1, 0.15) is 24.2 Å². The lowest BCUT2D eigenvalue weighted by Gasteiger charge is -2.14. The van der Waals surface area contributed by atoms with Gasteiger partial charge in [-0.2, -0.15) is 8.78 Å². The van der Waals surface area contributed by atoms with Gasteiger partial charge in [0, 0.05) is 30.2 Å². The fourth-order valence-corrected chi connectivity index (χ4v) is 3.15. The number of aliphatic hydroxyl groups is 1. The summed E-state index contributed by atoms with van der Waals surface area (Å²) >= 11 is 0. The molecule has 0 saturated heterocycles. The minimum atomic E-state index is -2.87. The highest BCUT2D eigenvalue weighted by Gasteiger charge is 2.10. The van der Waals surface area contributed by atoms with Crippen molar-refractivity contribution in [3.05, 3.63) is 65.9 Å². The van der Waals surface area contributed by atoms with E-state index in [-0.39, 0.29) is 12.3 Å². The molecule has 2 aromatic carbocycles. The second-order valence-electron chi connectivity index (χ2n) is 6.72. The number of fused-ring (bicyclic) bond motifs is 1. The smallest absolute Gasteiger partial charge is 0.387 e. The summed E-state index contributed by atoms with van der Waals surface area (Å²) < 4.78 is 28.8. The van der Waals surface area contributed by atoms with Crippen LogP contribution in [0.4, 0.5) is 8.78 Å². The molecule has 1 aromatic heterocycles. The Hall–Kier alpha value is -3.13. The Bertz CT molecular complexity index is 957. The van der Waals surface area contributed by atoms with Gasteiger partial charge >= 0.3 is 6.61 Å². The molecular formula is C22H26F2N4O2. The number of aliphatic imine (C=N–C) groups is 1. The number of aromatic nitrogens is 1. The zero-order chi connectivity index (χ0) is 21.3. The maximum Gasteiger partial charge on any atom is 0.387 e. The first-order valence-electron chi connectivity index (χ1n) is 9.87. The van der Waals surface area contributed by atoms with Gasteiger partial charge in [-0.1, -0.05) is 30.3 Å². The van der Waals surface area contributed by atoms with Crippen LogP contribution >= 0.6 is 0 Å². The average molecular weight is 416 g/mol. The van der Waals surface area contributed by atoms with Gasteiger partial charge in [0.05, 0.1) is 12.6 Å². The Labute approximate surface area is 174 Å². The van der Waals surface area contributed by atoms with Crippen molar-refractivity contribution >= 4 is 16.9 Å². The van der Waals surface area contributed by atoms with Crippen LogP contribution in [-0.2, 0) is 6.42 Å². The van der Waals surface area contributed by atoms with E-state index in [1.807, 2.05) is 31.3 Å². The standard InChI is InChI=1S/C22H26F2N4O2/c1-2-25-22(26-12-11-16-13-27-19-6-4-3-5-18(16)19)28-14-20(29)15-7-9-17(10-8-15)30-21(23)24/h3-10,13,20-21,27,29H,2,11-12,14H2,1H3,(H2,25,26,28). The fourth-order valence-electron chi connectivity index (χ4n) is 3.15. The summed E-state index contributed by atoms with van der Waals surface area (Å²) in [6, 6.07) is 14.1. The molecule has 3 rings (SSSR count). The van der Waals surface area contributed by atoms with Crippen molar-refractivity contribution in [2.75, 3.05) is 19.6 Å². The molecule has 30 heavy (non-hydrogen) atoms. The highest BCUT2D eigenvalue weighted by molar-refractivity contribution is 5.83. The number of guanidine groups is 1.